The number of nitrogens with one attached hydrogen (secondary N) is 1. The van der Waals surface area contributed by atoms with Crippen molar-refractivity contribution >= 4 is 11.6 Å². The Bertz CT molecular complexity index is 318. The fourth-order valence-corrected chi connectivity index (χ4v) is 1.66. The van der Waals surface area contributed by atoms with E-state index in [0.717, 1.165) is 37.2 Å². The minimum atomic E-state index is 0.252. The summed E-state index contributed by atoms with van der Waals surface area (Å²) in [4.78, 5) is 0. The van der Waals surface area contributed by atoms with Gasteiger partial charge in [0, 0.05) is 23.7 Å². The minimum Gasteiger partial charge on any atom is -0.496 e. The number of methoxy groups -OCH3 is 1. The zero-order chi connectivity index (χ0) is 11.8. The lowest BCUT2D eigenvalue weighted by molar-refractivity contribution is 0.283. The SMILES string of the molecule is COc1ccc(Cl)cc1CNCCCCO. The van der Waals surface area contributed by atoms with E-state index in [9.17, 15) is 0 Å². The maximum absolute atomic E-state index is 8.64. The van der Waals surface area contributed by atoms with Crippen molar-refractivity contribution in [3.63, 3.8) is 0 Å². The van der Waals surface area contributed by atoms with Crippen LogP contribution in [0.15, 0.2) is 18.2 Å². The number of aliphatic hydroxyl groups is 1. The van der Waals surface area contributed by atoms with Gasteiger partial charge < -0.3 is 15.2 Å². The molecule has 0 fully saturated rings. The Kier molecular flexibility index (Phi) is 6.23. The summed E-state index contributed by atoms with van der Waals surface area (Å²) < 4.78 is 5.24. The van der Waals surface area contributed by atoms with Gasteiger partial charge in [-0.1, -0.05) is 11.6 Å². The monoisotopic (exact) mass is 243 g/mol. The maximum Gasteiger partial charge on any atom is 0.123 e. The first-order valence-electron chi connectivity index (χ1n) is 5.42. The van der Waals surface area contributed by atoms with Crippen LogP contribution in [0.5, 0.6) is 5.75 Å². The first-order valence-corrected chi connectivity index (χ1v) is 5.79. The third-order valence-corrected chi connectivity index (χ3v) is 2.55. The zero-order valence-corrected chi connectivity index (χ0v) is 10.3. The van der Waals surface area contributed by atoms with Crippen molar-refractivity contribution in [3.05, 3.63) is 28.8 Å². The van der Waals surface area contributed by atoms with Crippen LogP contribution in [0.25, 0.3) is 0 Å². The van der Waals surface area contributed by atoms with E-state index in [-0.39, 0.29) is 6.61 Å². The lowest BCUT2D eigenvalue weighted by Crippen LogP contribution is -2.15. The molecule has 0 aromatic heterocycles. The third-order valence-electron chi connectivity index (χ3n) is 2.32. The van der Waals surface area contributed by atoms with Gasteiger partial charge >= 0.3 is 0 Å². The van der Waals surface area contributed by atoms with Crippen LogP contribution in [-0.4, -0.2) is 25.4 Å². The number of hydrogen-bond donors (Lipinski definition) is 2. The molecule has 16 heavy (non-hydrogen) atoms. The number of unbranched alkanes of at least 4 members (excludes halogenated alkanes) is 1. The molecule has 0 aliphatic carbocycles. The largest absolute Gasteiger partial charge is 0.496 e. The van der Waals surface area contributed by atoms with Gasteiger partial charge in [0.1, 0.15) is 5.75 Å². The standard InChI is InChI=1S/C12H18ClNO2/c1-16-12-5-4-11(13)8-10(12)9-14-6-2-3-7-15/h4-5,8,14-15H,2-3,6-7,9H2,1H3. The zero-order valence-electron chi connectivity index (χ0n) is 9.50. The molecule has 0 radical (unpaired) electrons. The van der Waals surface area contributed by atoms with E-state index in [2.05, 4.69) is 5.32 Å². The van der Waals surface area contributed by atoms with E-state index in [4.69, 9.17) is 21.4 Å². The molecule has 0 amide bonds. The van der Waals surface area contributed by atoms with Gasteiger partial charge in [-0.3, -0.25) is 0 Å². The molecular weight excluding hydrogens is 226 g/mol. The van der Waals surface area contributed by atoms with Crippen molar-refractivity contribution in [3.8, 4) is 5.75 Å². The van der Waals surface area contributed by atoms with Crippen molar-refractivity contribution < 1.29 is 9.84 Å². The van der Waals surface area contributed by atoms with Crippen LogP contribution < -0.4 is 10.1 Å². The van der Waals surface area contributed by atoms with Crippen LogP contribution in [0, 0.1) is 0 Å². The van der Waals surface area contributed by atoms with E-state index in [1.165, 1.54) is 0 Å². The van der Waals surface area contributed by atoms with Crippen molar-refractivity contribution in [2.75, 3.05) is 20.3 Å². The highest BCUT2D eigenvalue weighted by atomic mass is 35.5. The number of halogens is 1. The van der Waals surface area contributed by atoms with Crippen molar-refractivity contribution in [1.82, 2.24) is 5.32 Å². The van der Waals surface area contributed by atoms with E-state index in [0.29, 0.717) is 5.02 Å². The molecule has 0 aliphatic heterocycles. The molecule has 0 spiro atoms. The molecule has 1 rings (SSSR count). The summed E-state index contributed by atoms with van der Waals surface area (Å²) in [7, 11) is 1.65. The Morgan fingerprint density at radius 1 is 1.38 bits per heavy atom. The summed E-state index contributed by atoms with van der Waals surface area (Å²) in [5.41, 5.74) is 1.05. The van der Waals surface area contributed by atoms with Gasteiger partial charge in [-0.2, -0.15) is 0 Å². The molecule has 0 aliphatic rings. The van der Waals surface area contributed by atoms with Crippen LogP contribution in [0.2, 0.25) is 5.02 Å². The summed E-state index contributed by atoms with van der Waals surface area (Å²) in [6, 6.07) is 5.59. The number of aliphatic hydroxyl groups excluding tert-OH is 1. The van der Waals surface area contributed by atoms with Gasteiger partial charge in [0.25, 0.3) is 0 Å². The van der Waals surface area contributed by atoms with E-state index < -0.39 is 0 Å². The summed E-state index contributed by atoms with van der Waals surface area (Å²) in [6.07, 6.45) is 1.80. The Hall–Kier alpha value is -0.770. The first-order chi connectivity index (χ1) is 7.77. The molecule has 0 heterocycles. The van der Waals surface area contributed by atoms with E-state index in [1.807, 2.05) is 18.2 Å². The fourth-order valence-electron chi connectivity index (χ4n) is 1.47. The highest BCUT2D eigenvalue weighted by Gasteiger charge is 2.02. The Morgan fingerprint density at radius 2 is 2.19 bits per heavy atom. The molecule has 3 nitrogen and oxygen atoms in total. The molecule has 0 saturated heterocycles. The van der Waals surface area contributed by atoms with E-state index >= 15 is 0 Å². The van der Waals surface area contributed by atoms with Crippen molar-refractivity contribution in [2.45, 2.75) is 19.4 Å². The molecule has 1 aromatic rings. The average molecular weight is 244 g/mol. The lowest BCUT2D eigenvalue weighted by Gasteiger charge is -2.09. The second-order valence-corrected chi connectivity index (χ2v) is 4.00. The van der Waals surface area contributed by atoms with Crippen LogP contribution in [0.3, 0.4) is 0 Å². The average Bonchev–Trinajstić information content (AvgIpc) is 2.29. The molecule has 0 unspecified atom stereocenters. The van der Waals surface area contributed by atoms with Crippen LogP contribution >= 0.6 is 11.6 Å². The molecule has 0 bridgehead atoms. The number of hydrogen-bond acceptors (Lipinski definition) is 3. The van der Waals surface area contributed by atoms with Crippen LogP contribution in [-0.2, 0) is 6.54 Å². The van der Waals surface area contributed by atoms with Crippen molar-refractivity contribution in [2.24, 2.45) is 0 Å². The van der Waals surface area contributed by atoms with Gasteiger partial charge in [-0.05, 0) is 37.6 Å². The van der Waals surface area contributed by atoms with Gasteiger partial charge in [0.15, 0.2) is 0 Å². The highest BCUT2D eigenvalue weighted by Crippen LogP contribution is 2.22. The molecule has 90 valence electrons. The number of benzene rings is 1. The Labute approximate surface area is 101 Å². The lowest BCUT2D eigenvalue weighted by atomic mass is 10.2. The van der Waals surface area contributed by atoms with Crippen LogP contribution in [0.4, 0.5) is 0 Å². The summed E-state index contributed by atoms with van der Waals surface area (Å²) >= 11 is 5.92. The second kappa shape index (κ2) is 7.49. The van der Waals surface area contributed by atoms with Gasteiger partial charge in [-0.25, -0.2) is 0 Å². The summed E-state index contributed by atoms with van der Waals surface area (Å²) in [5, 5.41) is 12.6. The molecule has 0 atom stereocenters. The molecule has 1 aromatic carbocycles. The molecular formula is C12H18ClNO2. The summed E-state index contributed by atoms with van der Waals surface area (Å²) in [6.45, 7) is 1.87. The predicted molar refractivity (Wildman–Crippen MR) is 66.0 cm³/mol. The fraction of sp³-hybridized carbons (Fsp3) is 0.500. The normalized spacial score (nSPS) is 10.4. The minimum absolute atomic E-state index is 0.252. The van der Waals surface area contributed by atoms with Gasteiger partial charge in [-0.15, -0.1) is 0 Å². The van der Waals surface area contributed by atoms with Crippen molar-refractivity contribution in [1.29, 1.82) is 0 Å². The topological polar surface area (TPSA) is 41.5 Å². The predicted octanol–water partition coefficient (Wildman–Crippen LogP) is 2.21. The quantitative estimate of drug-likeness (QED) is 0.722. The first kappa shape index (κ1) is 13.3. The molecule has 0 saturated carbocycles. The Morgan fingerprint density at radius 3 is 2.88 bits per heavy atom. The summed E-state index contributed by atoms with van der Waals surface area (Å²) in [5.74, 6) is 0.846. The third kappa shape index (κ3) is 4.39. The van der Waals surface area contributed by atoms with Crippen LogP contribution in [0.1, 0.15) is 18.4 Å². The number of rotatable bonds is 7. The van der Waals surface area contributed by atoms with E-state index in [1.54, 1.807) is 7.11 Å². The molecule has 4 heteroatoms. The van der Waals surface area contributed by atoms with Gasteiger partial charge in [0.2, 0.25) is 0 Å². The Balaban J connectivity index is 2.42. The second-order valence-electron chi connectivity index (χ2n) is 3.56. The molecule has 2 N–H and O–H groups in total. The highest BCUT2D eigenvalue weighted by molar-refractivity contribution is 6.30. The van der Waals surface area contributed by atoms with Gasteiger partial charge in [0.05, 0.1) is 7.11 Å². The maximum atomic E-state index is 8.64. The smallest absolute Gasteiger partial charge is 0.123 e. The number of ether oxygens (including phenoxy) is 1.